The van der Waals surface area contributed by atoms with E-state index in [1.54, 1.807) is 24.3 Å². The molecule has 26 heavy (non-hydrogen) atoms. The molecule has 3 rings (SSSR count). The van der Waals surface area contributed by atoms with Crippen LogP contribution in [0.2, 0.25) is 0 Å². The van der Waals surface area contributed by atoms with Gasteiger partial charge in [-0.1, -0.05) is 23.8 Å². The largest absolute Gasteiger partial charge is 0.441 e. The highest BCUT2D eigenvalue weighted by atomic mass is 16.4. The second-order valence-electron chi connectivity index (χ2n) is 6.09. The molecule has 0 saturated heterocycles. The van der Waals surface area contributed by atoms with E-state index in [1.807, 2.05) is 44.2 Å². The molecule has 3 aromatic rings. The predicted molar refractivity (Wildman–Crippen MR) is 98.6 cm³/mol. The number of aromatic nitrogens is 1. The van der Waals surface area contributed by atoms with E-state index in [-0.39, 0.29) is 5.91 Å². The van der Waals surface area contributed by atoms with Gasteiger partial charge in [-0.3, -0.25) is 4.79 Å². The van der Waals surface area contributed by atoms with Gasteiger partial charge in [0.25, 0.3) is 5.91 Å². The second-order valence-corrected chi connectivity index (χ2v) is 6.09. The third-order valence-corrected chi connectivity index (χ3v) is 4.09. The number of rotatable bonds is 5. The fraction of sp³-hybridized carbons (Fsp3) is 0.190. The molecule has 0 saturated carbocycles. The predicted octanol–water partition coefficient (Wildman–Crippen LogP) is 3.80. The van der Waals surface area contributed by atoms with Gasteiger partial charge in [0.15, 0.2) is 0 Å². The fourth-order valence-electron chi connectivity index (χ4n) is 2.61. The smallest absolute Gasteiger partial charge is 0.251 e. The summed E-state index contributed by atoms with van der Waals surface area (Å²) in [6, 6.07) is 16.7. The van der Waals surface area contributed by atoms with Crippen molar-refractivity contribution in [2.45, 2.75) is 20.3 Å². The van der Waals surface area contributed by atoms with Crippen LogP contribution in [0.5, 0.6) is 0 Å². The molecule has 0 aliphatic carbocycles. The number of hydrogen-bond acceptors (Lipinski definition) is 4. The molecule has 2 aromatic carbocycles. The molecule has 0 unspecified atom stereocenters. The van der Waals surface area contributed by atoms with Crippen LogP contribution in [-0.2, 0) is 6.42 Å². The van der Waals surface area contributed by atoms with E-state index in [1.165, 1.54) is 5.56 Å². The molecule has 0 spiro atoms. The molecule has 5 heteroatoms. The molecular weight excluding hydrogens is 326 g/mol. The first-order valence-corrected chi connectivity index (χ1v) is 8.38. The van der Waals surface area contributed by atoms with Crippen molar-refractivity contribution in [2.24, 2.45) is 0 Å². The quantitative estimate of drug-likeness (QED) is 0.763. The van der Waals surface area contributed by atoms with Crippen molar-refractivity contribution in [1.82, 2.24) is 10.3 Å². The van der Waals surface area contributed by atoms with Gasteiger partial charge < -0.3 is 9.73 Å². The van der Waals surface area contributed by atoms with Crippen LogP contribution in [0.15, 0.2) is 52.9 Å². The SMILES string of the molecule is Cc1ccc(-c2nc(CCNC(=O)c3cccc(C#N)c3)c(C)o2)cc1. The summed E-state index contributed by atoms with van der Waals surface area (Å²) in [4.78, 5) is 16.7. The average molecular weight is 345 g/mol. The van der Waals surface area contributed by atoms with Crippen molar-refractivity contribution in [3.63, 3.8) is 0 Å². The van der Waals surface area contributed by atoms with E-state index in [2.05, 4.69) is 10.3 Å². The standard InChI is InChI=1S/C21H19N3O2/c1-14-6-8-17(9-7-14)21-24-19(15(2)26-21)10-11-23-20(25)18-5-3-4-16(12-18)13-22/h3-9,12H,10-11H2,1-2H3,(H,23,25). The van der Waals surface area contributed by atoms with Gasteiger partial charge in [-0.05, 0) is 44.2 Å². The Hall–Kier alpha value is -3.39. The van der Waals surface area contributed by atoms with Crippen molar-refractivity contribution in [1.29, 1.82) is 5.26 Å². The molecule has 0 aliphatic heterocycles. The van der Waals surface area contributed by atoms with Gasteiger partial charge >= 0.3 is 0 Å². The molecule has 0 radical (unpaired) electrons. The number of nitrogens with one attached hydrogen (secondary N) is 1. The van der Waals surface area contributed by atoms with Crippen molar-refractivity contribution in [3.05, 3.63) is 76.7 Å². The zero-order valence-corrected chi connectivity index (χ0v) is 14.7. The number of carbonyl (C=O) groups excluding carboxylic acids is 1. The number of hydrogen-bond donors (Lipinski definition) is 1. The highest BCUT2D eigenvalue weighted by molar-refractivity contribution is 5.94. The van der Waals surface area contributed by atoms with Crippen molar-refractivity contribution < 1.29 is 9.21 Å². The Bertz CT molecular complexity index is 966. The maximum Gasteiger partial charge on any atom is 0.251 e. The molecule has 1 amide bonds. The van der Waals surface area contributed by atoms with Crippen LogP contribution in [0.4, 0.5) is 0 Å². The maximum absolute atomic E-state index is 12.2. The molecular formula is C21H19N3O2. The second kappa shape index (κ2) is 7.66. The third-order valence-electron chi connectivity index (χ3n) is 4.09. The van der Waals surface area contributed by atoms with Crippen LogP contribution >= 0.6 is 0 Å². The van der Waals surface area contributed by atoms with Crippen LogP contribution in [0.3, 0.4) is 0 Å². The van der Waals surface area contributed by atoms with Crippen LogP contribution in [0.25, 0.3) is 11.5 Å². The Morgan fingerprint density at radius 1 is 1.19 bits per heavy atom. The Morgan fingerprint density at radius 2 is 1.96 bits per heavy atom. The normalized spacial score (nSPS) is 10.3. The van der Waals surface area contributed by atoms with Gasteiger partial charge in [0.05, 0.1) is 17.3 Å². The Labute approximate surface area is 152 Å². The molecule has 130 valence electrons. The summed E-state index contributed by atoms with van der Waals surface area (Å²) < 4.78 is 5.75. The van der Waals surface area contributed by atoms with Gasteiger partial charge in [-0.2, -0.15) is 5.26 Å². The lowest BCUT2D eigenvalue weighted by molar-refractivity contribution is 0.0954. The van der Waals surface area contributed by atoms with Crippen LogP contribution < -0.4 is 5.32 Å². The number of nitrogens with zero attached hydrogens (tertiary/aromatic N) is 2. The topological polar surface area (TPSA) is 78.9 Å². The minimum absolute atomic E-state index is 0.206. The first-order chi connectivity index (χ1) is 12.6. The molecule has 0 fully saturated rings. The van der Waals surface area contributed by atoms with Gasteiger partial charge in [-0.25, -0.2) is 4.98 Å². The van der Waals surface area contributed by atoms with E-state index in [0.29, 0.717) is 30.0 Å². The average Bonchev–Trinajstić information content (AvgIpc) is 3.03. The zero-order chi connectivity index (χ0) is 18.5. The molecule has 1 heterocycles. The third kappa shape index (κ3) is 3.98. The van der Waals surface area contributed by atoms with Crippen LogP contribution in [0, 0.1) is 25.2 Å². The van der Waals surface area contributed by atoms with E-state index in [0.717, 1.165) is 17.0 Å². The monoisotopic (exact) mass is 345 g/mol. The van der Waals surface area contributed by atoms with Gasteiger partial charge in [0.1, 0.15) is 5.76 Å². The van der Waals surface area contributed by atoms with Crippen molar-refractivity contribution >= 4 is 5.91 Å². The summed E-state index contributed by atoms with van der Waals surface area (Å²) in [7, 11) is 0. The van der Waals surface area contributed by atoms with Crippen molar-refractivity contribution in [3.8, 4) is 17.5 Å². The molecule has 1 aromatic heterocycles. The fourth-order valence-corrected chi connectivity index (χ4v) is 2.61. The number of oxazole rings is 1. The Balaban J connectivity index is 1.62. The number of nitriles is 1. The van der Waals surface area contributed by atoms with E-state index in [4.69, 9.17) is 9.68 Å². The number of carbonyl (C=O) groups is 1. The van der Waals surface area contributed by atoms with Crippen molar-refractivity contribution in [2.75, 3.05) is 6.54 Å². The van der Waals surface area contributed by atoms with Gasteiger partial charge in [0, 0.05) is 24.1 Å². The summed E-state index contributed by atoms with van der Waals surface area (Å²) in [5.41, 5.74) is 3.88. The molecule has 0 aliphatic rings. The molecule has 1 N–H and O–H groups in total. The first-order valence-electron chi connectivity index (χ1n) is 8.38. The summed E-state index contributed by atoms with van der Waals surface area (Å²) in [6.07, 6.45) is 0.574. The number of amides is 1. The lowest BCUT2D eigenvalue weighted by atomic mass is 10.1. The van der Waals surface area contributed by atoms with Gasteiger partial charge in [0.2, 0.25) is 5.89 Å². The minimum Gasteiger partial charge on any atom is -0.441 e. The summed E-state index contributed by atoms with van der Waals surface area (Å²) in [5.74, 6) is 1.13. The van der Waals surface area contributed by atoms with Crippen LogP contribution in [0.1, 0.15) is 32.9 Å². The van der Waals surface area contributed by atoms with Crippen LogP contribution in [-0.4, -0.2) is 17.4 Å². The lowest BCUT2D eigenvalue weighted by Crippen LogP contribution is -2.25. The highest BCUT2D eigenvalue weighted by Gasteiger charge is 2.12. The van der Waals surface area contributed by atoms with E-state index < -0.39 is 0 Å². The Morgan fingerprint density at radius 3 is 2.69 bits per heavy atom. The lowest BCUT2D eigenvalue weighted by Gasteiger charge is -2.04. The zero-order valence-electron chi connectivity index (χ0n) is 14.7. The summed E-state index contributed by atoms with van der Waals surface area (Å²) in [5, 5.41) is 11.8. The maximum atomic E-state index is 12.2. The first kappa shape index (κ1) is 17.4. The highest BCUT2D eigenvalue weighted by Crippen LogP contribution is 2.22. The summed E-state index contributed by atoms with van der Waals surface area (Å²) >= 11 is 0. The minimum atomic E-state index is -0.206. The van der Waals surface area contributed by atoms with Gasteiger partial charge in [-0.15, -0.1) is 0 Å². The Kier molecular flexibility index (Phi) is 5.14. The number of benzene rings is 2. The van der Waals surface area contributed by atoms with E-state index >= 15 is 0 Å². The molecule has 0 atom stereocenters. The number of aryl methyl sites for hydroxylation is 2. The molecule has 0 bridgehead atoms. The van der Waals surface area contributed by atoms with E-state index in [9.17, 15) is 4.79 Å². The molecule has 5 nitrogen and oxygen atoms in total. The summed E-state index contributed by atoms with van der Waals surface area (Å²) in [6.45, 7) is 4.35.